The molecule has 0 atom stereocenters. The second-order valence-electron chi connectivity index (χ2n) is 3.39. The first kappa shape index (κ1) is 10.2. The normalized spacial score (nSPS) is 10.1. The molecule has 1 heterocycles. The van der Waals surface area contributed by atoms with Gasteiger partial charge in [-0.2, -0.15) is 10.2 Å². The molecule has 0 aliphatic heterocycles. The van der Waals surface area contributed by atoms with Crippen LogP contribution in [0.2, 0.25) is 0 Å². The van der Waals surface area contributed by atoms with E-state index in [-0.39, 0.29) is 5.69 Å². The summed E-state index contributed by atoms with van der Waals surface area (Å²) in [7, 11) is 0. The lowest BCUT2D eigenvalue weighted by Crippen LogP contribution is -1.90. The van der Waals surface area contributed by atoms with Gasteiger partial charge < -0.3 is 0 Å². The smallest absolute Gasteiger partial charge is 0.258 e. The Morgan fingerprint density at radius 3 is 2.75 bits per heavy atom. The van der Waals surface area contributed by atoms with Crippen molar-refractivity contribution in [3.8, 4) is 11.1 Å². The molecule has 0 fully saturated rings. The predicted octanol–water partition coefficient (Wildman–Crippen LogP) is 2.36. The third-order valence-corrected chi connectivity index (χ3v) is 2.17. The van der Waals surface area contributed by atoms with Crippen molar-refractivity contribution in [2.45, 2.75) is 6.92 Å². The van der Waals surface area contributed by atoms with Crippen LogP contribution in [0.25, 0.3) is 11.1 Å². The van der Waals surface area contributed by atoms with Crippen LogP contribution in [0.4, 0.5) is 5.69 Å². The molecule has 0 saturated carbocycles. The maximum absolute atomic E-state index is 10.6. The molecule has 0 saturated heterocycles. The second kappa shape index (κ2) is 4.06. The SMILES string of the molecule is Cc1cc(-c2cccc([N+](=O)[O-])c2)cnn1. The summed E-state index contributed by atoms with van der Waals surface area (Å²) >= 11 is 0. The van der Waals surface area contributed by atoms with Crippen molar-refractivity contribution in [2.24, 2.45) is 0 Å². The van der Waals surface area contributed by atoms with Gasteiger partial charge in [-0.3, -0.25) is 10.1 Å². The molecule has 0 unspecified atom stereocenters. The number of nitro groups is 1. The molecule has 2 aromatic rings. The molecule has 0 aliphatic rings. The molecular weight excluding hydrogens is 206 g/mol. The highest BCUT2D eigenvalue weighted by molar-refractivity contribution is 5.65. The molecule has 1 aromatic heterocycles. The summed E-state index contributed by atoms with van der Waals surface area (Å²) in [6, 6.07) is 8.29. The fraction of sp³-hybridized carbons (Fsp3) is 0.0909. The first-order valence-electron chi connectivity index (χ1n) is 4.71. The average Bonchev–Trinajstić information content (AvgIpc) is 2.29. The van der Waals surface area contributed by atoms with Crippen LogP contribution in [-0.4, -0.2) is 15.1 Å². The van der Waals surface area contributed by atoms with Gasteiger partial charge >= 0.3 is 0 Å². The van der Waals surface area contributed by atoms with Crippen molar-refractivity contribution in [1.29, 1.82) is 0 Å². The molecule has 5 nitrogen and oxygen atoms in total. The van der Waals surface area contributed by atoms with Gasteiger partial charge in [0.15, 0.2) is 0 Å². The van der Waals surface area contributed by atoms with Crippen LogP contribution in [0.1, 0.15) is 5.69 Å². The number of aromatic nitrogens is 2. The monoisotopic (exact) mass is 215 g/mol. The molecule has 16 heavy (non-hydrogen) atoms. The van der Waals surface area contributed by atoms with Crippen molar-refractivity contribution in [2.75, 3.05) is 0 Å². The van der Waals surface area contributed by atoms with Crippen LogP contribution in [0, 0.1) is 17.0 Å². The molecular formula is C11H9N3O2. The van der Waals surface area contributed by atoms with E-state index in [1.165, 1.54) is 12.1 Å². The summed E-state index contributed by atoms with van der Waals surface area (Å²) in [6.45, 7) is 1.83. The van der Waals surface area contributed by atoms with Crippen LogP contribution < -0.4 is 0 Å². The van der Waals surface area contributed by atoms with Crippen molar-refractivity contribution in [3.63, 3.8) is 0 Å². The molecule has 5 heteroatoms. The van der Waals surface area contributed by atoms with Crippen LogP contribution in [0.15, 0.2) is 36.5 Å². The van der Waals surface area contributed by atoms with Gasteiger partial charge in [0.25, 0.3) is 5.69 Å². The number of rotatable bonds is 2. The zero-order valence-electron chi connectivity index (χ0n) is 8.62. The van der Waals surface area contributed by atoms with E-state index >= 15 is 0 Å². The van der Waals surface area contributed by atoms with Crippen molar-refractivity contribution in [1.82, 2.24) is 10.2 Å². The maximum atomic E-state index is 10.6. The van der Waals surface area contributed by atoms with E-state index in [2.05, 4.69) is 10.2 Å². The highest BCUT2D eigenvalue weighted by Gasteiger charge is 2.07. The van der Waals surface area contributed by atoms with Gasteiger partial charge in [0.1, 0.15) is 0 Å². The lowest BCUT2D eigenvalue weighted by Gasteiger charge is -2.01. The van der Waals surface area contributed by atoms with E-state index in [1.54, 1.807) is 12.3 Å². The molecule has 2 rings (SSSR count). The molecule has 1 aromatic carbocycles. The van der Waals surface area contributed by atoms with E-state index in [4.69, 9.17) is 0 Å². The van der Waals surface area contributed by atoms with Crippen LogP contribution in [-0.2, 0) is 0 Å². The number of non-ortho nitro benzene ring substituents is 1. The number of aryl methyl sites for hydroxylation is 1. The van der Waals surface area contributed by atoms with Crippen LogP contribution in [0.3, 0.4) is 0 Å². The van der Waals surface area contributed by atoms with Gasteiger partial charge in [0, 0.05) is 17.7 Å². The summed E-state index contributed by atoms with van der Waals surface area (Å²) < 4.78 is 0. The summed E-state index contributed by atoms with van der Waals surface area (Å²) in [6.07, 6.45) is 1.59. The van der Waals surface area contributed by atoms with Crippen molar-refractivity contribution >= 4 is 5.69 Å². The summed E-state index contributed by atoms with van der Waals surface area (Å²) in [5.41, 5.74) is 2.46. The van der Waals surface area contributed by atoms with Crippen molar-refractivity contribution in [3.05, 3.63) is 52.3 Å². The van der Waals surface area contributed by atoms with E-state index in [0.717, 1.165) is 16.8 Å². The fourth-order valence-corrected chi connectivity index (χ4v) is 1.43. The Morgan fingerprint density at radius 1 is 1.25 bits per heavy atom. The van der Waals surface area contributed by atoms with Gasteiger partial charge in [-0.1, -0.05) is 12.1 Å². The molecule has 0 amide bonds. The predicted molar refractivity (Wildman–Crippen MR) is 58.9 cm³/mol. The summed E-state index contributed by atoms with van der Waals surface area (Å²) in [5.74, 6) is 0. The Hall–Kier alpha value is -2.30. The number of hydrogen-bond donors (Lipinski definition) is 0. The first-order valence-corrected chi connectivity index (χ1v) is 4.71. The lowest BCUT2D eigenvalue weighted by molar-refractivity contribution is -0.384. The third kappa shape index (κ3) is 2.03. The molecule has 80 valence electrons. The van der Waals surface area contributed by atoms with Crippen molar-refractivity contribution < 1.29 is 4.92 Å². The highest BCUT2D eigenvalue weighted by Crippen LogP contribution is 2.23. The van der Waals surface area contributed by atoms with E-state index in [9.17, 15) is 10.1 Å². The summed E-state index contributed by atoms with van der Waals surface area (Å²) in [5, 5.41) is 18.3. The van der Waals surface area contributed by atoms with Crippen LogP contribution >= 0.6 is 0 Å². The zero-order chi connectivity index (χ0) is 11.5. The second-order valence-corrected chi connectivity index (χ2v) is 3.39. The third-order valence-electron chi connectivity index (χ3n) is 2.17. The maximum Gasteiger partial charge on any atom is 0.270 e. The standard InChI is InChI=1S/C11H9N3O2/c1-8-5-10(7-12-13-8)9-3-2-4-11(6-9)14(15)16/h2-7H,1H3. The quantitative estimate of drug-likeness (QED) is 0.569. The number of nitro benzene ring substituents is 1. The van der Waals surface area contributed by atoms with Gasteiger partial charge in [-0.05, 0) is 18.6 Å². The summed E-state index contributed by atoms with van der Waals surface area (Å²) in [4.78, 5) is 10.2. The molecule has 0 aliphatic carbocycles. The molecule has 0 radical (unpaired) electrons. The fourth-order valence-electron chi connectivity index (χ4n) is 1.43. The molecule has 0 bridgehead atoms. The highest BCUT2D eigenvalue weighted by atomic mass is 16.6. The van der Waals surface area contributed by atoms with Gasteiger partial charge in [-0.15, -0.1) is 0 Å². The Morgan fingerprint density at radius 2 is 2.06 bits per heavy atom. The number of benzene rings is 1. The molecule has 0 spiro atoms. The van der Waals surface area contributed by atoms with Gasteiger partial charge in [0.2, 0.25) is 0 Å². The topological polar surface area (TPSA) is 68.9 Å². The van der Waals surface area contributed by atoms with E-state index in [1.807, 2.05) is 19.1 Å². The first-order chi connectivity index (χ1) is 7.66. The van der Waals surface area contributed by atoms with Gasteiger partial charge in [0.05, 0.1) is 16.8 Å². The molecule has 0 N–H and O–H groups in total. The minimum Gasteiger partial charge on any atom is -0.258 e. The minimum absolute atomic E-state index is 0.0759. The number of nitrogens with zero attached hydrogens (tertiary/aromatic N) is 3. The Balaban J connectivity index is 2.48. The Bertz CT molecular complexity index is 540. The van der Waals surface area contributed by atoms with Gasteiger partial charge in [-0.25, -0.2) is 0 Å². The lowest BCUT2D eigenvalue weighted by atomic mass is 10.1. The van der Waals surface area contributed by atoms with E-state index < -0.39 is 4.92 Å². The van der Waals surface area contributed by atoms with E-state index in [0.29, 0.717) is 0 Å². The minimum atomic E-state index is -0.412. The Labute approximate surface area is 91.9 Å². The number of hydrogen-bond acceptors (Lipinski definition) is 4. The van der Waals surface area contributed by atoms with Crippen LogP contribution in [0.5, 0.6) is 0 Å². The Kier molecular flexibility index (Phi) is 2.59. The zero-order valence-corrected chi connectivity index (χ0v) is 8.62. The largest absolute Gasteiger partial charge is 0.270 e. The average molecular weight is 215 g/mol.